The van der Waals surface area contributed by atoms with Crippen LogP contribution < -0.4 is 14.8 Å². The van der Waals surface area contributed by atoms with Gasteiger partial charge in [0.1, 0.15) is 0 Å². The standard InChI is InChI=1S/C23H32N4O4/c1-29-19-9-8-16(14-20(19)30-2)23-25-22(31-26-23)11-10-21(28)24-15-17-6-5-13-27-12-4-3-7-18(17)27/h8-9,14,17-18H,3-7,10-13,15H2,1-2H3,(H,24,28)/t17?,18-/m1/s1. The van der Waals surface area contributed by atoms with Crippen molar-refractivity contribution in [2.24, 2.45) is 5.92 Å². The Morgan fingerprint density at radius 2 is 2.00 bits per heavy atom. The summed E-state index contributed by atoms with van der Waals surface area (Å²) in [5, 5.41) is 7.18. The van der Waals surface area contributed by atoms with Gasteiger partial charge in [-0.25, -0.2) is 0 Å². The SMILES string of the molecule is COc1ccc(-c2noc(CCC(=O)NCC3CCCN4CCCC[C@H]34)n2)cc1OC. The molecular weight excluding hydrogens is 396 g/mol. The van der Waals surface area contributed by atoms with Crippen LogP contribution in [-0.4, -0.2) is 60.8 Å². The normalized spacial score (nSPS) is 21.4. The average molecular weight is 429 g/mol. The lowest BCUT2D eigenvalue weighted by Gasteiger charge is -2.44. The van der Waals surface area contributed by atoms with Crippen LogP contribution in [-0.2, 0) is 11.2 Å². The lowest BCUT2D eigenvalue weighted by molar-refractivity contribution is -0.121. The number of carbonyl (C=O) groups excluding carboxylic acids is 1. The van der Waals surface area contributed by atoms with Crippen molar-refractivity contribution in [3.8, 4) is 22.9 Å². The number of benzene rings is 1. The first kappa shape index (κ1) is 21.6. The Morgan fingerprint density at radius 3 is 2.84 bits per heavy atom. The zero-order chi connectivity index (χ0) is 21.6. The molecule has 1 unspecified atom stereocenters. The highest BCUT2D eigenvalue weighted by Gasteiger charge is 2.32. The molecule has 0 bridgehead atoms. The highest BCUT2D eigenvalue weighted by Crippen LogP contribution is 2.32. The van der Waals surface area contributed by atoms with Gasteiger partial charge >= 0.3 is 0 Å². The second-order valence-electron chi connectivity index (χ2n) is 8.39. The molecule has 168 valence electrons. The molecule has 2 aromatic rings. The fourth-order valence-corrected chi connectivity index (χ4v) is 4.82. The number of carbonyl (C=O) groups is 1. The van der Waals surface area contributed by atoms with E-state index in [0.717, 1.165) is 12.1 Å². The maximum atomic E-state index is 12.4. The molecule has 8 nitrogen and oxygen atoms in total. The fourth-order valence-electron chi connectivity index (χ4n) is 4.82. The molecule has 0 spiro atoms. The summed E-state index contributed by atoms with van der Waals surface area (Å²) in [5.74, 6) is 2.77. The van der Waals surface area contributed by atoms with Gasteiger partial charge in [-0.05, 0) is 62.9 Å². The van der Waals surface area contributed by atoms with Gasteiger partial charge in [-0.15, -0.1) is 0 Å². The summed E-state index contributed by atoms with van der Waals surface area (Å²) in [6.45, 7) is 3.20. The molecule has 2 aliphatic heterocycles. The predicted molar refractivity (Wildman–Crippen MR) is 116 cm³/mol. The minimum absolute atomic E-state index is 0.0406. The first-order chi connectivity index (χ1) is 15.2. The van der Waals surface area contributed by atoms with Crippen molar-refractivity contribution in [1.29, 1.82) is 0 Å². The molecule has 4 rings (SSSR count). The number of fused-ring (bicyclic) bond motifs is 1. The van der Waals surface area contributed by atoms with Crippen molar-refractivity contribution >= 4 is 5.91 Å². The molecule has 0 saturated carbocycles. The fraction of sp³-hybridized carbons (Fsp3) is 0.609. The molecular formula is C23H32N4O4. The van der Waals surface area contributed by atoms with Crippen LogP contribution in [0.1, 0.15) is 44.4 Å². The zero-order valence-electron chi connectivity index (χ0n) is 18.4. The van der Waals surface area contributed by atoms with E-state index in [-0.39, 0.29) is 5.91 Å². The minimum atomic E-state index is 0.0406. The molecule has 2 atom stereocenters. The Morgan fingerprint density at radius 1 is 1.16 bits per heavy atom. The van der Waals surface area contributed by atoms with Gasteiger partial charge in [0, 0.05) is 31.0 Å². The Labute approximate surface area is 183 Å². The van der Waals surface area contributed by atoms with Crippen LogP contribution in [0.5, 0.6) is 11.5 Å². The number of nitrogens with zero attached hydrogens (tertiary/aromatic N) is 3. The number of ether oxygens (including phenoxy) is 2. The minimum Gasteiger partial charge on any atom is -0.493 e. The summed E-state index contributed by atoms with van der Waals surface area (Å²) in [6.07, 6.45) is 7.09. The van der Waals surface area contributed by atoms with E-state index < -0.39 is 0 Å². The zero-order valence-corrected chi connectivity index (χ0v) is 18.4. The molecule has 1 aromatic heterocycles. The highest BCUT2D eigenvalue weighted by atomic mass is 16.5. The van der Waals surface area contributed by atoms with E-state index in [1.165, 1.54) is 45.2 Å². The predicted octanol–water partition coefficient (Wildman–Crippen LogP) is 3.07. The van der Waals surface area contributed by atoms with E-state index in [4.69, 9.17) is 14.0 Å². The third kappa shape index (κ3) is 5.18. The summed E-state index contributed by atoms with van der Waals surface area (Å²) >= 11 is 0. The molecule has 0 aliphatic carbocycles. The van der Waals surface area contributed by atoms with Crippen LogP contribution in [0.2, 0.25) is 0 Å². The molecule has 31 heavy (non-hydrogen) atoms. The van der Waals surface area contributed by atoms with Crippen molar-refractivity contribution in [1.82, 2.24) is 20.4 Å². The molecule has 8 heteroatoms. The number of aromatic nitrogens is 2. The molecule has 3 heterocycles. The monoisotopic (exact) mass is 428 g/mol. The van der Waals surface area contributed by atoms with Gasteiger partial charge in [0.2, 0.25) is 17.6 Å². The quantitative estimate of drug-likeness (QED) is 0.691. The smallest absolute Gasteiger partial charge is 0.227 e. The van der Waals surface area contributed by atoms with Gasteiger partial charge in [-0.3, -0.25) is 4.79 Å². The first-order valence-electron chi connectivity index (χ1n) is 11.2. The third-order valence-corrected chi connectivity index (χ3v) is 6.47. The van der Waals surface area contributed by atoms with Crippen LogP contribution >= 0.6 is 0 Å². The number of amides is 1. The van der Waals surface area contributed by atoms with Crippen LogP contribution in [0.15, 0.2) is 22.7 Å². The number of piperidine rings is 2. The van der Waals surface area contributed by atoms with E-state index in [2.05, 4.69) is 20.4 Å². The van der Waals surface area contributed by atoms with E-state index in [1.54, 1.807) is 26.4 Å². The molecule has 2 aliphatic rings. The number of hydrogen-bond donors (Lipinski definition) is 1. The van der Waals surface area contributed by atoms with Crippen LogP contribution in [0.4, 0.5) is 0 Å². The van der Waals surface area contributed by atoms with Crippen molar-refractivity contribution in [2.45, 2.75) is 51.0 Å². The molecule has 1 amide bonds. The third-order valence-electron chi connectivity index (χ3n) is 6.47. The number of rotatable bonds is 8. The van der Waals surface area contributed by atoms with E-state index in [1.807, 2.05) is 6.07 Å². The lowest BCUT2D eigenvalue weighted by Crippen LogP contribution is -2.51. The van der Waals surface area contributed by atoms with Crippen molar-refractivity contribution in [2.75, 3.05) is 33.9 Å². The van der Waals surface area contributed by atoms with Crippen molar-refractivity contribution in [3.05, 3.63) is 24.1 Å². The molecule has 1 N–H and O–H groups in total. The summed E-state index contributed by atoms with van der Waals surface area (Å²) in [6, 6.07) is 6.10. The topological polar surface area (TPSA) is 89.7 Å². The highest BCUT2D eigenvalue weighted by molar-refractivity contribution is 5.76. The molecule has 0 radical (unpaired) electrons. The maximum absolute atomic E-state index is 12.4. The van der Waals surface area contributed by atoms with Gasteiger partial charge in [-0.1, -0.05) is 11.6 Å². The maximum Gasteiger partial charge on any atom is 0.227 e. The molecule has 2 saturated heterocycles. The Kier molecular flexibility index (Phi) is 7.06. The summed E-state index contributed by atoms with van der Waals surface area (Å²) in [7, 11) is 3.18. The van der Waals surface area contributed by atoms with E-state index in [9.17, 15) is 4.79 Å². The van der Waals surface area contributed by atoms with Gasteiger partial charge in [0.15, 0.2) is 11.5 Å². The number of nitrogens with one attached hydrogen (secondary N) is 1. The van der Waals surface area contributed by atoms with Crippen LogP contribution in [0, 0.1) is 5.92 Å². The summed E-state index contributed by atoms with van der Waals surface area (Å²) in [5.41, 5.74) is 0.770. The molecule has 2 fully saturated rings. The van der Waals surface area contributed by atoms with E-state index >= 15 is 0 Å². The number of methoxy groups -OCH3 is 2. The van der Waals surface area contributed by atoms with Crippen LogP contribution in [0.3, 0.4) is 0 Å². The van der Waals surface area contributed by atoms with Crippen LogP contribution in [0.25, 0.3) is 11.4 Å². The average Bonchev–Trinajstić information content (AvgIpc) is 3.30. The number of aryl methyl sites for hydroxylation is 1. The summed E-state index contributed by atoms with van der Waals surface area (Å²) in [4.78, 5) is 19.5. The Bertz CT molecular complexity index is 882. The summed E-state index contributed by atoms with van der Waals surface area (Å²) < 4.78 is 15.9. The first-order valence-corrected chi connectivity index (χ1v) is 11.2. The second kappa shape index (κ2) is 10.1. The van der Waals surface area contributed by atoms with Gasteiger partial charge in [-0.2, -0.15) is 4.98 Å². The number of hydrogen-bond acceptors (Lipinski definition) is 7. The van der Waals surface area contributed by atoms with Gasteiger partial charge < -0.3 is 24.2 Å². The van der Waals surface area contributed by atoms with Crippen molar-refractivity contribution in [3.63, 3.8) is 0 Å². The Hall–Kier alpha value is -2.61. The lowest BCUT2D eigenvalue weighted by atomic mass is 9.83. The van der Waals surface area contributed by atoms with Gasteiger partial charge in [0.05, 0.1) is 14.2 Å². The second-order valence-corrected chi connectivity index (χ2v) is 8.39. The largest absolute Gasteiger partial charge is 0.493 e. The van der Waals surface area contributed by atoms with Gasteiger partial charge in [0.25, 0.3) is 0 Å². The van der Waals surface area contributed by atoms with E-state index in [0.29, 0.717) is 48.0 Å². The van der Waals surface area contributed by atoms with Crippen molar-refractivity contribution < 1.29 is 18.8 Å². The molecule has 1 aromatic carbocycles. The Balaban J connectivity index is 1.27.